The fourth-order valence-corrected chi connectivity index (χ4v) is 2.69. The van der Waals surface area contributed by atoms with Gasteiger partial charge in [0.1, 0.15) is 5.75 Å². The number of ether oxygens (including phenoxy) is 1. The molecule has 0 saturated heterocycles. The topological polar surface area (TPSA) is 21.3 Å². The van der Waals surface area contributed by atoms with Crippen LogP contribution in [-0.2, 0) is 5.41 Å². The van der Waals surface area contributed by atoms with E-state index in [1.54, 1.807) is 0 Å². The second kappa shape index (κ2) is 6.42. The van der Waals surface area contributed by atoms with Crippen molar-refractivity contribution in [3.8, 4) is 5.75 Å². The van der Waals surface area contributed by atoms with Gasteiger partial charge in [0, 0.05) is 12.0 Å². The Morgan fingerprint density at radius 2 is 1.84 bits per heavy atom. The Labute approximate surface area is 118 Å². The van der Waals surface area contributed by atoms with Crippen LogP contribution in [0, 0.1) is 19.8 Å². The highest BCUT2D eigenvalue weighted by Crippen LogP contribution is 2.36. The Balaban J connectivity index is 3.29. The lowest BCUT2D eigenvalue weighted by molar-refractivity contribution is 0.321. The van der Waals surface area contributed by atoms with Gasteiger partial charge in [0.2, 0.25) is 0 Å². The smallest absolute Gasteiger partial charge is 0.122 e. The lowest BCUT2D eigenvalue weighted by atomic mass is 9.71. The van der Waals surface area contributed by atoms with E-state index in [0.717, 1.165) is 18.9 Å². The van der Waals surface area contributed by atoms with Gasteiger partial charge in [0.05, 0.1) is 6.61 Å². The van der Waals surface area contributed by atoms with Crippen LogP contribution >= 0.6 is 0 Å². The standard InChI is InChI=1S/C17H29NO/c1-8-19-16-10-13(4)15(9-14(16)5)17(6,11-18-7)12(2)3/h9-10,12,18H,8,11H2,1-7H3. The summed E-state index contributed by atoms with van der Waals surface area (Å²) in [6.07, 6.45) is 0. The second-order valence-electron chi connectivity index (χ2n) is 5.97. The minimum Gasteiger partial charge on any atom is -0.494 e. The number of nitrogens with one attached hydrogen (secondary N) is 1. The molecule has 0 amide bonds. The van der Waals surface area contributed by atoms with E-state index >= 15 is 0 Å². The molecule has 1 unspecified atom stereocenters. The number of rotatable bonds is 6. The van der Waals surface area contributed by atoms with E-state index in [1.165, 1.54) is 16.7 Å². The Morgan fingerprint density at radius 3 is 2.32 bits per heavy atom. The SMILES string of the molecule is CCOc1cc(C)c(C(C)(CNC)C(C)C)cc1C. The van der Waals surface area contributed by atoms with Crippen molar-refractivity contribution in [2.45, 2.75) is 47.0 Å². The maximum Gasteiger partial charge on any atom is 0.122 e. The van der Waals surface area contributed by atoms with Crippen molar-refractivity contribution in [2.24, 2.45) is 5.92 Å². The molecule has 0 fully saturated rings. The van der Waals surface area contributed by atoms with Crippen LogP contribution < -0.4 is 10.1 Å². The molecule has 0 aliphatic carbocycles. The van der Waals surface area contributed by atoms with E-state index in [9.17, 15) is 0 Å². The van der Waals surface area contributed by atoms with Gasteiger partial charge in [-0.05, 0) is 56.5 Å². The third kappa shape index (κ3) is 3.30. The summed E-state index contributed by atoms with van der Waals surface area (Å²) in [6.45, 7) is 15.0. The fourth-order valence-electron chi connectivity index (χ4n) is 2.69. The van der Waals surface area contributed by atoms with Gasteiger partial charge in [-0.3, -0.25) is 0 Å². The van der Waals surface area contributed by atoms with Gasteiger partial charge >= 0.3 is 0 Å². The van der Waals surface area contributed by atoms with Crippen molar-refractivity contribution in [3.63, 3.8) is 0 Å². The van der Waals surface area contributed by atoms with Crippen LogP contribution in [-0.4, -0.2) is 20.2 Å². The Morgan fingerprint density at radius 1 is 1.21 bits per heavy atom. The molecular formula is C17H29NO. The second-order valence-corrected chi connectivity index (χ2v) is 5.97. The van der Waals surface area contributed by atoms with Crippen molar-refractivity contribution >= 4 is 0 Å². The van der Waals surface area contributed by atoms with Gasteiger partial charge in [-0.1, -0.05) is 26.8 Å². The number of hydrogen-bond donors (Lipinski definition) is 1. The van der Waals surface area contributed by atoms with Gasteiger partial charge in [-0.25, -0.2) is 0 Å². The average Bonchev–Trinajstić information content (AvgIpc) is 2.33. The van der Waals surface area contributed by atoms with Crippen LogP contribution in [0.4, 0.5) is 0 Å². The third-order valence-corrected chi connectivity index (χ3v) is 4.26. The number of likely N-dealkylation sites (N-methyl/N-ethyl adjacent to an activating group) is 1. The van der Waals surface area contributed by atoms with Crippen molar-refractivity contribution < 1.29 is 4.74 Å². The normalized spacial score (nSPS) is 14.5. The van der Waals surface area contributed by atoms with Gasteiger partial charge in [0.15, 0.2) is 0 Å². The molecule has 108 valence electrons. The summed E-state index contributed by atoms with van der Waals surface area (Å²) < 4.78 is 5.69. The highest BCUT2D eigenvalue weighted by atomic mass is 16.5. The van der Waals surface area contributed by atoms with Gasteiger partial charge in [-0.15, -0.1) is 0 Å². The summed E-state index contributed by atoms with van der Waals surface area (Å²) >= 11 is 0. The van der Waals surface area contributed by atoms with E-state index in [4.69, 9.17) is 4.74 Å². The minimum atomic E-state index is 0.147. The predicted molar refractivity (Wildman–Crippen MR) is 83.2 cm³/mol. The first-order valence-electron chi connectivity index (χ1n) is 7.26. The summed E-state index contributed by atoms with van der Waals surface area (Å²) in [5.41, 5.74) is 4.12. The molecule has 0 spiro atoms. The minimum absolute atomic E-state index is 0.147. The third-order valence-electron chi connectivity index (χ3n) is 4.26. The number of hydrogen-bond acceptors (Lipinski definition) is 2. The summed E-state index contributed by atoms with van der Waals surface area (Å²) in [7, 11) is 2.03. The highest BCUT2D eigenvalue weighted by molar-refractivity contribution is 5.45. The number of aryl methyl sites for hydroxylation is 2. The first-order valence-corrected chi connectivity index (χ1v) is 7.26. The van der Waals surface area contributed by atoms with Crippen molar-refractivity contribution in [3.05, 3.63) is 28.8 Å². The lowest BCUT2D eigenvalue weighted by Crippen LogP contribution is -2.39. The summed E-state index contributed by atoms with van der Waals surface area (Å²) in [6, 6.07) is 4.49. The van der Waals surface area contributed by atoms with Crippen molar-refractivity contribution in [1.82, 2.24) is 5.32 Å². The van der Waals surface area contributed by atoms with E-state index < -0.39 is 0 Å². The van der Waals surface area contributed by atoms with Crippen LogP contribution in [0.3, 0.4) is 0 Å². The van der Waals surface area contributed by atoms with Gasteiger partial charge < -0.3 is 10.1 Å². The zero-order chi connectivity index (χ0) is 14.6. The van der Waals surface area contributed by atoms with Crippen LogP contribution in [0.5, 0.6) is 5.75 Å². The quantitative estimate of drug-likeness (QED) is 0.842. The molecule has 2 heteroatoms. The molecule has 0 radical (unpaired) electrons. The van der Waals surface area contributed by atoms with Crippen LogP contribution in [0.2, 0.25) is 0 Å². The predicted octanol–water partition coefficient (Wildman–Crippen LogP) is 3.84. The molecule has 1 atom stereocenters. The highest BCUT2D eigenvalue weighted by Gasteiger charge is 2.31. The van der Waals surface area contributed by atoms with Crippen molar-refractivity contribution in [2.75, 3.05) is 20.2 Å². The Kier molecular flexibility index (Phi) is 5.42. The largest absolute Gasteiger partial charge is 0.494 e. The maximum atomic E-state index is 5.69. The van der Waals surface area contributed by atoms with E-state index in [0.29, 0.717) is 5.92 Å². The maximum absolute atomic E-state index is 5.69. The van der Waals surface area contributed by atoms with Gasteiger partial charge in [-0.2, -0.15) is 0 Å². The van der Waals surface area contributed by atoms with Crippen LogP contribution in [0.1, 0.15) is 44.4 Å². The molecule has 1 N–H and O–H groups in total. The Hall–Kier alpha value is -1.02. The zero-order valence-corrected chi connectivity index (χ0v) is 13.6. The molecule has 1 rings (SSSR count). The molecule has 2 nitrogen and oxygen atoms in total. The monoisotopic (exact) mass is 263 g/mol. The Bertz CT molecular complexity index is 426. The molecule has 19 heavy (non-hydrogen) atoms. The number of benzene rings is 1. The summed E-state index contributed by atoms with van der Waals surface area (Å²) in [5, 5.41) is 3.34. The van der Waals surface area contributed by atoms with E-state index in [-0.39, 0.29) is 5.41 Å². The first-order chi connectivity index (χ1) is 8.86. The summed E-state index contributed by atoms with van der Waals surface area (Å²) in [5.74, 6) is 1.59. The molecule has 1 aromatic carbocycles. The lowest BCUT2D eigenvalue weighted by Gasteiger charge is -2.36. The first kappa shape index (κ1) is 16.0. The molecule has 0 aliphatic rings. The molecule has 0 heterocycles. The van der Waals surface area contributed by atoms with Crippen molar-refractivity contribution in [1.29, 1.82) is 0 Å². The van der Waals surface area contributed by atoms with Crippen LogP contribution in [0.25, 0.3) is 0 Å². The molecule has 0 bridgehead atoms. The molecule has 1 aromatic rings. The molecular weight excluding hydrogens is 234 g/mol. The van der Waals surface area contributed by atoms with Crippen LogP contribution in [0.15, 0.2) is 12.1 Å². The molecule has 0 saturated carbocycles. The summed E-state index contributed by atoms with van der Waals surface area (Å²) in [4.78, 5) is 0. The zero-order valence-electron chi connectivity index (χ0n) is 13.6. The van der Waals surface area contributed by atoms with E-state index in [2.05, 4.69) is 52.1 Å². The fraction of sp³-hybridized carbons (Fsp3) is 0.647. The molecule has 0 aromatic heterocycles. The average molecular weight is 263 g/mol. The molecule has 0 aliphatic heterocycles. The van der Waals surface area contributed by atoms with E-state index in [1.807, 2.05) is 14.0 Å². The van der Waals surface area contributed by atoms with Gasteiger partial charge in [0.25, 0.3) is 0 Å².